The maximum Gasteiger partial charge on any atom is 0.261 e. The van der Waals surface area contributed by atoms with Crippen molar-refractivity contribution < 1.29 is 18.7 Å². The van der Waals surface area contributed by atoms with Crippen LogP contribution in [0, 0.1) is 24.5 Å². The summed E-state index contributed by atoms with van der Waals surface area (Å²) in [4.78, 5) is 26.2. The van der Waals surface area contributed by atoms with Crippen LogP contribution >= 0.6 is 11.8 Å². The average Bonchev–Trinajstić information content (AvgIpc) is 3.24. The fourth-order valence-corrected chi connectivity index (χ4v) is 4.69. The van der Waals surface area contributed by atoms with Gasteiger partial charge < -0.3 is 15.0 Å². The van der Waals surface area contributed by atoms with Gasteiger partial charge in [0.1, 0.15) is 11.6 Å². The number of nitrogens with one attached hydrogen (secondary N) is 1. The predicted octanol–water partition coefficient (Wildman–Crippen LogP) is 3.89. The molecule has 160 valence electrons. The van der Waals surface area contributed by atoms with Crippen molar-refractivity contribution in [3.63, 3.8) is 0 Å². The lowest BCUT2D eigenvalue weighted by molar-refractivity contribution is 0.0783. The Labute approximate surface area is 181 Å². The second-order valence-corrected chi connectivity index (χ2v) is 8.33. The number of rotatable bonds is 5. The van der Waals surface area contributed by atoms with Gasteiger partial charge in [-0.3, -0.25) is 9.59 Å². The highest BCUT2D eigenvalue weighted by Crippen LogP contribution is 2.26. The van der Waals surface area contributed by atoms with E-state index in [4.69, 9.17) is 0 Å². The summed E-state index contributed by atoms with van der Waals surface area (Å²) in [5.41, 5.74) is 0.137. The Balaban J connectivity index is 1.80. The van der Waals surface area contributed by atoms with E-state index in [1.165, 1.54) is 41.0 Å². The smallest absolute Gasteiger partial charge is 0.261 e. The number of hydrogen-bond acceptors (Lipinski definition) is 4. The normalized spacial score (nSPS) is 16.6. The van der Waals surface area contributed by atoms with Crippen LogP contribution in [0.15, 0.2) is 58.7 Å². The van der Waals surface area contributed by atoms with Crippen LogP contribution in [0.2, 0.25) is 0 Å². The van der Waals surface area contributed by atoms with Gasteiger partial charge in [0.2, 0.25) is 0 Å². The number of hydrogen-bond donors (Lipinski definition) is 2. The van der Waals surface area contributed by atoms with Gasteiger partial charge in [0.25, 0.3) is 11.5 Å². The molecule has 2 aromatic carbocycles. The first-order valence-corrected chi connectivity index (χ1v) is 10.8. The molecule has 4 rings (SSSR count). The summed E-state index contributed by atoms with van der Waals surface area (Å²) < 4.78 is 29.5. The molecule has 1 aromatic heterocycles. The molecular weight excluding hydrogens is 422 g/mol. The standard InChI is InChI=1S/C23H20F2N2O3S/c1-13-19(22(29)26-21(28)15-4-2-5-16(24)10-15)17-6-3-7-18(25)20(17)23(30)27(13)11-14-8-9-31-12-14/h2-10,14,21,28H,11-12H2,1H3,(H,26,29)/t14?,21-/m0/s1. The molecule has 31 heavy (non-hydrogen) atoms. The number of aliphatic hydroxyl groups is 1. The molecule has 0 saturated carbocycles. The van der Waals surface area contributed by atoms with Crippen molar-refractivity contribution in [3.05, 3.63) is 92.8 Å². The fraction of sp³-hybridized carbons (Fsp3) is 0.217. The number of carbonyl (C=O) groups excluding carboxylic acids is 1. The van der Waals surface area contributed by atoms with Gasteiger partial charge in [-0.2, -0.15) is 0 Å². The van der Waals surface area contributed by atoms with Crippen molar-refractivity contribution in [1.82, 2.24) is 9.88 Å². The Morgan fingerprint density at radius 2 is 2.06 bits per heavy atom. The summed E-state index contributed by atoms with van der Waals surface area (Å²) in [6, 6.07) is 9.35. The molecule has 1 amide bonds. The summed E-state index contributed by atoms with van der Waals surface area (Å²) >= 11 is 1.62. The number of aromatic nitrogens is 1. The van der Waals surface area contributed by atoms with Crippen LogP contribution < -0.4 is 10.9 Å². The van der Waals surface area contributed by atoms with Gasteiger partial charge in [-0.25, -0.2) is 8.78 Å². The van der Waals surface area contributed by atoms with Crippen LogP contribution in [-0.2, 0) is 6.54 Å². The van der Waals surface area contributed by atoms with E-state index in [1.807, 2.05) is 11.5 Å². The molecule has 0 fully saturated rings. The van der Waals surface area contributed by atoms with Crippen molar-refractivity contribution in [3.8, 4) is 0 Å². The number of pyridine rings is 1. The number of benzene rings is 2. The number of nitrogens with zero attached hydrogens (tertiary/aromatic N) is 1. The summed E-state index contributed by atoms with van der Waals surface area (Å²) in [5, 5.41) is 14.8. The van der Waals surface area contributed by atoms with E-state index < -0.39 is 29.3 Å². The monoisotopic (exact) mass is 442 g/mol. The molecule has 0 spiro atoms. The molecule has 2 N–H and O–H groups in total. The third kappa shape index (κ3) is 4.13. The van der Waals surface area contributed by atoms with E-state index in [9.17, 15) is 23.5 Å². The lowest BCUT2D eigenvalue weighted by Gasteiger charge is -2.20. The molecule has 0 radical (unpaired) electrons. The number of fused-ring (bicyclic) bond motifs is 1. The first kappa shape index (κ1) is 21.3. The Bertz CT molecular complexity index is 1260. The minimum atomic E-state index is -1.47. The van der Waals surface area contributed by atoms with Crippen LogP contribution in [0.3, 0.4) is 0 Å². The predicted molar refractivity (Wildman–Crippen MR) is 117 cm³/mol. The highest BCUT2D eigenvalue weighted by Gasteiger charge is 2.24. The van der Waals surface area contributed by atoms with Gasteiger partial charge in [-0.1, -0.05) is 30.3 Å². The first-order valence-electron chi connectivity index (χ1n) is 9.71. The Morgan fingerprint density at radius 3 is 2.77 bits per heavy atom. The summed E-state index contributed by atoms with van der Waals surface area (Å²) in [5.74, 6) is -1.08. The minimum absolute atomic E-state index is 0.0828. The maximum atomic E-state index is 14.6. The van der Waals surface area contributed by atoms with Crippen LogP contribution in [0.25, 0.3) is 10.8 Å². The van der Waals surface area contributed by atoms with E-state index in [1.54, 1.807) is 18.7 Å². The maximum absolute atomic E-state index is 14.6. The second kappa shape index (κ2) is 8.64. The number of amides is 1. The van der Waals surface area contributed by atoms with Gasteiger partial charge in [0.15, 0.2) is 6.23 Å². The number of thioether (sulfide) groups is 1. The molecular formula is C23H20F2N2O3S. The topological polar surface area (TPSA) is 71.3 Å². The summed E-state index contributed by atoms with van der Waals surface area (Å²) in [6.07, 6.45) is 0.510. The minimum Gasteiger partial charge on any atom is -0.369 e. The van der Waals surface area contributed by atoms with E-state index in [0.717, 1.165) is 11.8 Å². The van der Waals surface area contributed by atoms with Crippen molar-refractivity contribution in [2.45, 2.75) is 19.7 Å². The zero-order valence-electron chi connectivity index (χ0n) is 16.6. The summed E-state index contributed by atoms with van der Waals surface area (Å²) in [7, 11) is 0. The third-order valence-electron chi connectivity index (χ3n) is 5.34. The van der Waals surface area contributed by atoms with Crippen molar-refractivity contribution in [2.75, 3.05) is 5.75 Å². The number of allylic oxidation sites excluding steroid dienone is 1. The molecule has 8 heteroatoms. The second-order valence-electron chi connectivity index (χ2n) is 7.39. The lowest BCUT2D eigenvalue weighted by atomic mass is 10.0. The molecule has 5 nitrogen and oxygen atoms in total. The van der Waals surface area contributed by atoms with Crippen LogP contribution in [0.5, 0.6) is 0 Å². The molecule has 0 aliphatic carbocycles. The molecule has 2 atom stereocenters. The molecule has 3 aromatic rings. The molecule has 0 bridgehead atoms. The van der Waals surface area contributed by atoms with Gasteiger partial charge in [-0.15, -0.1) is 11.8 Å². The van der Waals surface area contributed by atoms with Crippen molar-refractivity contribution in [2.24, 2.45) is 5.92 Å². The quantitative estimate of drug-likeness (QED) is 0.589. The van der Waals surface area contributed by atoms with E-state index >= 15 is 0 Å². The van der Waals surface area contributed by atoms with Crippen LogP contribution in [0.4, 0.5) is 8.78 Å². The molecule has 0 saturated heterocycles. The number of carbonyl (C=O) groups is 1. The Kier molecular flexibility index (Phi) is 5.93. The van der Waals surface area contributed by atoms with E-state index in [2.05, 4.69) is 5.32 Å². The van der Waals surface area contributed by atoms with E-state index in [-0.39, 0.29) is 27.8 Å². The van der Waals surface area contributed by atoms with Gasteiger partial charge in [-0.05, 0) is 30.5 Å². The molecule has 1 aliphatic heterocycles. The zero-order valence-corrected chi connectivity index (χ0v) is 17.5. The Morgan fingerprint density at radius 1 is 1.29 bits per heavy atom. The van der Waals surface area contributed by atoms with Crippen molar-refractivity contribution >= 4 is 28.4 Å². The number of halogens is 2. The SMILES string of the molecule is Cc1c(C(=O)N[C@@H](O)c2cccc(F)c2)c2cccc(F)c2c(=O)n1CC1C=CSC1. The van der Waals surface area contributed by atoms with Crippen LogP contribution in [0.1, 0.15) is 27.8 Å². The zero-order chi connectivity index (χ0) is 22.1. The van der Waals surface area contributed by atoms with Gasteiger partial charge in [0.05, 0.1) is 10.9 Å². The summed E-state index contributed by atoms with van der Waals surface area (Å²) in [6.45, 7) is 1.94. The van der Waals surface area contributed by atoms with Gasteiger partial charge >= 0.3 is 0 Å². The largest absolute Gasteiger partial charge is 0.369 e. The van der Waals surface area contributed by atoms with Crippen molar-refractivity contribution in [1.29, 1.82) is 0 Å². The Hall–Kier alpha value is -2.97. The first-order chi connectivity index (χ1) is 14.9. The number of aliphatic hydroxyl groups excluding tert-OH is 1. The molecule has 2 heterocycles. The average molecular weight is 442 g/mol. The lowest BCUT2D eigenvalue weighted by Crippen LogP contribution is -2.33. The fourth-order valence-electron chi connectivity index (χ4n) is 3.78. The van der Waals surface area contributed by atoms with Crippen LogP contribution in [-0.4, -0.2) is 21.3 Å². The highest BCUT2D eigenvalue weighted by molar-refractivity contribution is 8.02. The molecule has 1 aliphatic rings. The van der Waals surface area contributed by atoms with Gasteiger partial charge in [0, 0.05) is 34.9 Å². The highest BCUT2D eigenvalue weighted by atomic mass is 32.2. The molecule has 1 unspecified atom stereocenters. The third-order valence-corrected chi connectivity index (χ3v) is 6.31. The van der Waals surface area contributed by atoms with E-state index in [0.29, 0.717) is 12.2 Å².